The van der Waals surface area contributed by atoms with E-state index in [1.54, 1.807) is 6.92 Å². The summed E-state index contributed by atoms with van der Waals surface area (Å²) in [6.07, 6.45) is -4.64. The molecule has 0 atom stereocenters. The second-order valence-corrected chi connectivity index (χ2v) is 3.10. The van der Waals surface area contributed by atoms with Crippen molar-refractivity contribution < 1.29 is 18.3 Å². The minimum absolute atomic E-state index is 0.00720. The number of hydrogen-bond donors (Lipinski definition) is 1. The highest BCUT2D eigenvalue weighted by molar-refractivity contribution is 5.35. The van der Waals surface area contributed by atoms with Gasteiger partial charge in [0.15, 0.2) is 0 Å². The maximum atomic E-state index is 12.1. The first kappa shape index (κ1) is 10.9. The predicted octanol–water partition coefficient (Wildman–Crippen LogP) is 3.06. The summed E-state index contributed by atoms with van der Waals surface area (Å²) >= 11 is 0. The molecule has 0 aliphatic carbocycles. The molecule has 0 amide bonds. The zero-order valence-electron chi connectivity index (χ0n) is 7.73. The van der Waals surface area contributed by atoms with E-state index in [2.05, 4.69) is 0 Å². The maximum absolute atomic E-state index is 12.1. The fraction of sp³-hybridized carbons (Fsp3) is 0.400. The molecule has 0 saturated heterocycles. The monoisotopic (exact) mass is 204 g/mol. The van der Waals surface area contributed by atoms with Gasteiger partial charge in [-0.3, -0.25) is 0 Å². The van der Waals surface area contributed by atoms with Crippen molar-refractivity contribution in [3.63, 3.8) is 0 Å². The van der Waals surface area contributed by atoms with Crippen LogP contribution < -0.4 is 0 Å². The van der Waals surface area contributed by atoms with Crippen molar-refractivity contribution >= 4 is 0 Å². The van der Waals surface area contributed by atoms with E-state index in [9.17, 15) is 13.2 Å². The molecule has 78 valence electrons. The fourth-order valence-corrected chi connectivity index (χ4v) is 1.33. The summed E-state index contributed by atoms with van der Waals surface area (Å²) in [6, 6.07) is 3.98. The summed E-state index contributed by atoms with van der Waals surface area (Å²) in [4.78, 5) is 0. The molecule has 1 aromatic rings. The second kappa shape index (κ2) is 3.90. The Morgan fingerprint density at radius 1 is 1.21 bits per heavy atom. The van der Waals surface area contributed by atoms with Crippen LogP contribution in [0.2, 0.25) is 0 Å². The average Bonchev–Trinajstić information content (AvgIpc) is 2.06. The van der Waals surface area contributed by atoms with Crippen LogP contribution in [0.4, 0.5) is 13.2 Å². The number of phenolic OH excluding ortho intramolecular Hbond substituents is 1. The van der Waals surface area contributed by atoms with E-state index < -0.39 is 12.6 Å². The van der Waals surface area contributed by atoms with Crippen LogP contribution in [0.25, 0.3) is 0 Å². The third-order valence-corrected chi connectivity index (χ3v) is 1.96. The topological polar surface area (TPSA) is 20.2 Å². The molecule has 0 heterocycles. The SMILES string of the molecule is CCc1cc(O)ccc1CC(F)(F)F. The van der Waals surface area contributed by atoms with Gasteiger partial charge >= 0.3 is 6.18 Å². The fourth-order valence-electron chi connectivity index (χ4n) is 1.33. The van der Waals surface area contributed by atoms with Crippen molar-refractivity contribution in [3.05, 3.63) is 29.3 Å². The Bertz CT molecular complexity index is 318. The number of benzene rings is 1. The van der Waals surface area contributed by atoms with Crippen molar-refractivity contribution in [1.29, 1.82) is 0 Å². The maximum Gasteiger partial charge on any atom is 0.393 e. The first-order valence-corrected chi connectivity index (χ1v) is 4.30. The lowest BCUT2D eigenvalue weighted by Gasteiger charge is -2.10. The minimum Gasteiger partial charge on any atom is -0.508 e. The molecule has 0 aliphatic heterocycles. The largest absolute Gasteiger partial charge is 0.508 e. The average molecular weight is 204 g/mol. The number of rotatable bonds is 2. The van der Waals surface area contributed by atoms with Gasteiger partial charge in [-0.2, -0.15) is 13.2 Å². The Morgan fingerprint density at radius 2 is 1.86 bits per heavy atom. The summed E-state index contributed by atoms with van der Waals surface area (Å²) in [5, 5.41) is 9.09. The van der Waals surface area contributed by atoms with Crippen molar-refractivity contribution in [2.75, 3.05) is 0 Å². The molecule has 0 spiro atoms. The molecule has 0 radical (unpaired) electrons. The van der Waals surface area contributed by atoms with E-state index in [4.69, 9.17) is 5.11 Å². The van der Waals surface area contributed by atoms with Gasteiger partial charge in [0.05, 0.1) is 6.42 Å². The van der Waals surface area contributed by atoms with Gasteiger partial charge in [-0.1, -0.05) is 13.0 Å². The number of alkyl halides is 3. The lowest BCUT2D eigenvalue weighted by Crippen LogP contribution is -2.12. The molecule has 1 aromatic carbocycles. The molecule has 4 heteroatoms. The number of hydrogen-bond acceptors (Lipinski definition) is 1. The van der Waals surface area contributed by atoms with Crippen LogP contribution in [0.5, 0.6) is 5.75 Å². The molecule has 0 aromatic heterocycles. The van der Waals surface area contributed by atoms with Gasteiger partial charge in [0, 0.05) is 0 Å². The highest BCUT2D eigenvalue weighted by atomic mass is 19.4. The zero-order chi connectivity index (χ0) is 10.8. The van der Waals surface area contributed by atoms with Gasteiger partial charge in [0.1, 0.15) is 5.75 Å². The predicted molar refractivity (Wildman–Crippen MR) is 47.2 cm³/mol. The van der Waals surface area contributed by atoms with E-state index in [1.807, 2.05) is 0 Å². The zero-order valence-corrected chi connectivity index (χ0v) is 7.73. The van der Waals surface area contributed by atoms with Crippen LogP contribution in [0, 0.1) is 0 Å². The molecule has 0 saturated carbocycles. The van der Waals surface area contributed by atoms with Crippen molar-refractivity contribution in [1.82, 2.24) is 0 Å². The molecule has 1 nitrogen and oxygen atoms in total. The minimum atomic E-state index is -4.19. The molecule has 14 heavy (non-hydrogen) atoms. The van der Waals surface area contributed by atoms with Crippen LogP contribution in [0.1, 0.15) is 18.1 Å². The van der Waals surface area contributed by atoms with Crippen LogP contribution >= 0.6 is 0 Å². The summed E-state index contributed by atoms with van der Waals surface area (Å²) in [7, 11) is 0. The summed E-state index contributed by atoms with van der Waals surface area (Å²) < 4.78 is 36.3. The molecular weight excluding hydrogens is 193 g/mol. The smallest absolute Gasteiger partial charge is 0.393 e. The van der Waals surface area contributed by atoms with Crippen molar-refractivity contribution in [2.45, 2.75) is 25.9 Å². The molecule has 0 bridgehead atoms. The lowest BCUT2D eigenvalue weighted by atomic mass is 10.0. The van der Waals surface area contributed by atoms with Crippen molar-refractivity contribution in [3.8, 4) is 5.75 Å². The van der Waals surface area contributed by atoms with Gasteiger partial charge in [-0.15, -0.1) is 0 Å². The Morgan fingerprint density at radius 3 is 2.36 bits per heavy atom. The van der Waals surface area contributed by atoms with E-state index in [0.717, 1.165) is 0 Å². The lowest BCUT2D eigenvalue weighted by molar-refractivity contribution is -0.127. The van der Waals surface area contributed by atoms with Crippen LogP contribution in [-0.2, 0) is 12.8 Å². The standard InChI is InChI=1S/C10H11F3O/c1-2-7-5-9(14)4-3-8(7)6-10(11,12)13/h3-5,14H,2,6H2,1H3. The van der Waals surface area contributed by atoms with E-state index in [0.29, 0.717) is 12.0 Å². The summed E-state index contributed by atoms with van der Waals surface area (Å²) in [5.41, 5.74) is 0.778. The molecule has 0 unspecified atom stereocenters. The Balaban J connectivity index is 2.97. The van der Waals surface area contributed by atoms with E-state index >= 15 is 0 Å². The first-order chi connectivity index (χ1) is 6.42. The van der Waals surface area contributed by atoms with Gasteiger partial charge < -0.3 is 5.11 Å². The summed E-state index contributed by atoms with van der Waals surface area (Å²) in [5.74, 6) is 0.00720. The Labute approximate surface area is 80.2 Å². The Hall–Kier alpha value is -1.19. The number of phenols is 1. The number of aromatic hydroxyl groups is 1. The first-order valence-electron chi connectivity index (χ1n) is 4.30. The normalized spacial score (nSPS) is 11.7. The highest BCUT2D eigenvalue weighted by Crippen LogP contribution is 2.25. The molecular formula is C10H11F3O. The molecule has 0 aliphatic rings. The van der Waals surface area contributed by atoms with Crippen LogP contribution in [-0.4, -0.2) is 11.3 Å². The number of halogens is 3. The van der Waals surface area contributed by atoms with Crippen molar-refractivity contribution in [2.24, 2.45) is 0 Å². The second-order valence-electron chi connectivity index (χ2n) is 3.10. The van der Waals surface area contributed by atoms with E-state index in [1.165, 1.54) is 18.2 Å². The Kier molecular flexibility index (Phi) is 3.03. The third-order valence-electron chi connectivity index (χ3n) is 1.96. The quantitative estimate of drug-likeness (QED) is 0.784. The van der Waals surface area contributed by atoms with Gasteiger partial charge in [-0.05, 0) is 29.7 Å². The van der Waals surface area contributed by atoms with Crippen LogP contribution in [0.3, 0.4) is 0 Å². The molecule has 1 rings (SSSR count). The third kappa shape index (κ3) is 2.94. The number of aryl methyl sites for hydroxylation is 1. The van der Waals surface area contributed by atoms with Gasteiger partial charge in [0.2, 0.25) is 0 Å². The van der Waals surface area contributed by atoms with E-state index in [-0.39, 0.29) is 11.3 Å². The van der Waals surface area contributed by atoms with Gasteiger partial charge in [-0.25, -0.2) is 0 Å². The van der Waals surface area contributed by atoms with Crippen LogP contribution in [0.15, 0.2) is 18.2 Å². The van der Waals surface area contributed by atoms with Gasteiger partial charge in [0.25, 0.3) is 0 Å². The highest BCUT2D eigenvalue weighted by Gasteiger charge is 2.28. The molecule has 1 N–H and O–H groups in total. The summed E-state index contributed by atoms with van der Waals surface area (Å²) in [6.45, 7) is 1.76. The molecule has 0 fully saturated rings.